The molecule has 1 aromatic rings. The van der Waals surface area contributed by atoms with Gasteiger partial charge < -0.3 is 10.2 Å². The van der Waals surface area contributed by atoms with Gasteiger partial charge in [0.25, 0.3) is 0 Å². The summed E-state index contributed by atoms with van der Waals surface area (Å²) in [7, 11) is 0. The smallest absolute Gasteiger partial charge is 0.185 e. The molecule has 106 valence electrons. The molecule has 7 heteroatoms. The maximum absolute atomic E-state index is 13.6. The molecular weight excluding hydrogens is 342 g/mol. The van der Waals surface area contributed by atoms with Gasteiger partial charge in [-0.1, -0.05) is 27.7 Å². The standard InChI is InChI=1S/C12H13BrF2O3S/c1-6(16)19-3-2-10(17)12(18)11-8(13)4-7(14)5-9(11)15/h4-5,10,12,17-18H,2-3H2,1H3. The predicted octanol–water partition coefficient (Wildman–Crippen LogP) is 2.79. The number of hydrogen-bond acceptors (Lipinski definition) is 4. The van der Waals surface area contributed by atoms with Crippen LogP contribution in [-0.2, 0) is 4.79 Å². The summed E-state index contributed by atoms with van der Waals surface area (Å²) in [6.45, 7) is 1.39. The van der Waals surface area contributed by atoms with E-state index in [0.29, 0.717) is 11.8 Å². The van der Waals surface area contributed by atoms with Gasteiger partial charge in [-0.05, 0) is 12.5 Å². The van der Waals surface area contributed by atoms with Gasteiger partial charge in [0.15, 0.2) is 5.12 Å². The predicted molar refractivity (Wildman–Crippen MR) is 72.8 cm³/mol. The lowest BCUT2D eigenvalue weighted by Crippen LogP contribution is -2.21. The number of hydrogen-bond donors (Lipinski definition) is 2. The summed E-state index contributed by atoms with van der Waals surface area (Å²) in [6.07, 6.45) is -2.60. The SMILES string of the molecule is CC(=O)SCCC(O)C(O)c1c(F)cc(F)cc1Br. The van der Waals surface area contributed by atoms with Gasteiger partial charge in [-0.15, -0.1) is 0 Å². The van der Waals surface area contributed by atoms with Crippen LogP contribution >= 0.6 is 27.7 Å². The summed E-state index contributed by atoms with van der Waals surface area (Å²) in [5.41, 5.74) is -0.193. The van der Waals surface area contributed by atoms with Crippen LogP contribution in [0.4, 0.5) is 8.78 Å². The van der Waals surface area contributed by atoms with E-state index >= 15 is 0 Å². The second kappa shape index (κ2) is 7.33. The largest absolute Gasteiger partial charge is 0.390 e. The van der Waals surface area contributed by atoms with Gasteiger partial charge in [0.1, 0.15) is 17.7 Å². The number of benzene rings is 1. The second-order valence-corrected chi connectivity index (χ2v) is 6.05. The highest BCUT2D eigenvalue weighted by atomic mass is 79.9. The number of aliphatic hydroxyl groups excluding tert-OH is 2. The van der Waals surface area contributed by atoms with Crippen LogP contribution < -0.4 is 0 Å². The highest BCUT2D eigenvalue weighted by Crippen LogP contribution is 2.30. The minimum atomic E-state index is -1.48. The highest BCUT2D eigenvalue weighted by molar-refractivity contribution is 9.10. The van der Waals surface area contributed by atoms with Crippen molar-refractivity contribution in [3.8, 4) is 0 Å². The van der Waals surface area contributed by atoms with E-state index in [0.717, 1.165) is 17.8 Å². The summed E-state index contributed by atoms with van der Waals surface area (Å²) < 4.78 is 26.5. The molecule has 0 saturated heterocycles. The molecule has 19 heavy (non-hydrogen) atoms. The molecule has 0 aromatic heterocycles. The molecule has 0 aliphatic heterocycles. The van der Waals surface area contributed by atoms with Crippen molar-refractivity contribution in [2.24, 2.45) is 0 Å². The van der Waals surface area contributed by atoms with E-state index in [4.69, 9.17) is 0 Å². The summed E-state index contributed by atoms with van der Waals surface area (Å²) in [6, 6.07) is 1.65. The topological polar surface area (TPSA) is 57.5 Å². The van der Waals surface area contributed by atoms with Crippen LogP contribution in [0.3, 0.4) is 0 Å². The molecule has 0 aliphatic rings. The maximum Gasteiger partial charge on any atom is 0.185 e. The molecule has 0 saturated carbocycles. The fraction of sp³-hybridized carbons (Fsp3) is 0.417. The molecule has 2 N–H and O–H groups in total. The van der Waals surface area contributed by atoms with Crippen molar-refractivity contribution < 1.29 is 23.8 Å². The third kappa shape index (κ3) is 4.83. The molecule has 0 spiro atoms. The third-order valence-electron chi connectivity index (χ3n) is 2.42. The van der Waals surface area contributed by atoms with Crippen LogP contribution in [-0.4, -0.2) is 27.2 Å². The molecule has 3 nitrogen and oxygen atoms in total. The first-order valence-corrected chi connectivity index (χ1v) is 7.24. The molecular formula is C12H13BrF2O3S. The molecule has 2 atom stereocenters. The van der Waals surface area contributed by atoms with Gasteiger partial charge in [-0.25, -0.2) is 8.78 Å². The van der Waals surface area contributed by atoms with Crippen LogP contribution in [0.5, 0.6) is 0 Å². The summed E-state index contributed by atoms with van der Waals surface area (Å²) in [4.78, 5) is 10.7. The summed E-state index contributed by atoms with van der Waals surface area (Å²) >= 11 is 3.96. The zero-order valence-electron chi connectivity index (χ0n) is 10.1. The quantitative estimate of drug-likeness (QED) is 0.853. The molecule has 0 amide bonds. The lowest BCUT2D eigenvalue weighted by atomic mass is 10.0. The zero-order valence-corrected chi connectivity index (χ0v) is 12.5. The molecule has 1 aromatic carbocycles. The van der Waals surface area contributed by atoms with Crippen molar-refractivity contribution in [1.29, 1.82) is 0 Å². The first-order chi connectivity index (χ1) is 8.82. The van der Waals surface area contributed by atoms with Crippen molar-refractivity contribution >= 4 is 32.8 Å². The molecule has 0 radical (unpaired) electrons. The zero-order chi connectivity index (χ0) is 14.6. The monoisotopic (exact) mass is 354 g/mol. The Morgan fingerprint density at radius 3 is 2.58 bits per heavy atom. The van der Waals surface area contributed by atoms with Crippen molar-refractivity contribution in [3.63, 3.8) is 0 Å². The molecule has 0 aliphatic carbocycles. The van der Waals surface area contributed by atoms with Crippen LogP contribution in [0.1, 0.15) is 25.0 Å². The fourth-order valence-electron chi connectivity index (χ4n) is 1.51. The number of carbonyl (C=O) groups is 1. The van der Waals surface area contributed by atoms with Crippen molar-refractivity contribution in [2.45, 2.75) is 25.6 Å². The summed E-state index contributed by atoms with van der Waals surface area (Å²) in [5.74, 6) is -1.40. The number of aliphatic hydroxyl groups is 2. The first-order valence-electron chi connectivity index (χ1n) is 5.47. The molecule has 0 fully saturated rings. The van der Waals surface area contributed by atoms with Crippen molar-refractivity contribution in [2.75, 3.05) is 5.75 Å². The average Bonchev–Trinajstić information content (AvgIpc) is 2.26. The number of thioether (sulfide) groups is 1. The van der Waals surface area contributed by atoms with E-state index < -0.39 is 23.8 Å². The van der Waals surface area contributed by atoms with Crippen molar-refractivity contribution in [3.05, 3.63) is 33.8 Å². The molecule has 2 unspecified atom stereocenters. The van der Waals surface area contributed by atoms with Gasteiger partial charge >= 0.3 is 0 Å². The van der Waals surface area contributed by atoms with Crippen molar-refractivity contribution in [1.82, 2.24) is 0 Å². The normalized spacial score (nSPS) is 14.2. The molecule has 0 bridgehead atoms. The van der Waals surface area contributed by atoms with Gasteiger partial charge in [-0.3, -0.25) is 4.79 Å². The third-order valence-corrected chi connectivity index (χ3v) is 3.93. The number of rotatable bonds is 5. The number of carbonyl (C=O) groups excluding carboxylic acids is 1. The lowest BCUT2D eigenvalue weighted by molar-refractivity contribution is -0.109. The van der Waals surface area contributed by atoms with Gasteiger partial charge in [0.05, 0.1) is 6.10 Å². The minimum absolute atomic E-state index is 0.0516. The van der Waals surface area contributed by atoms with Crippen LogP contribution in [0.25, 0.3) is 0 Å². The van der Waals surface area contributed by atoms with Crippen LogP contribution in [0, 0.1) is 11.6 Å². The van der Waals surface area contributed by atoms with Gasteiger partial charge in [-0.2, -0.15) is 0 Å². The van der Waals surface area contributed by atoms with E-state index in [9.17, 15) is 23.8 Å². The van der Waals surface area contributed by atoms with E-state index in [-0.39, 0.29) is 21.6 Å². The fourth-order valence-corrected chi connectivity index (χ4v) is 2.80. The average molecular weight is 355 g/mol. The van der Waals surface area contributed by atoms with Gasteiger partial charge in [0.2, 0.25) is 0 Å². The van der Waals surface area contributed by atoms with E-state index in [1.165, 1.54) is 6.92 Å². The van der Waals surface area contributed by atoms with Crippen LogP contribution in [0.15, 0.2) is 16.6 Å². The first kappa shape index (κ1) is 16.6. The molecule has 1 rings (SSSR count). The van der Waals surface area contributed by atoms with E-state index in [1.54, 1.807) is 0 Å². The number of halogens is 3. The van der Waals surface area contributed by atoms with E-state index in [2.05, 4.69) is 15.9 Å². The second-order valence-electron chi connectivity index (χ2n) is 3.92. The maximum atomic E-state index is 13.6. The Hall–Kier alpha value is -0.500. The Morgan fingerprint density at radius 1 is 1.42 bits per heavy atom. The lowest BCUT2D eigenvalue weighted by Gasteiger charge is -2.19. The minimum Gasteiger partial charge on any atom is -0.390 e. The highest BCUT2D eigenvalue weighted by Gasteiger charge is 2.24. The van der Waals surface area contributed by atoms with Gasteiger partial charge in [0, 0.05) is 28.8 Å². The Labute approximate surface area is 122 Å². The van der Waals surface area contributed by atoms with E-state index in [1.807, 2.05) is 0 Å². The Morgan fingerprint density at radius 2 is 2.05 bits per heavy atom. The Bertz CT molecular complexity index is 447. The van der Waals surface area contributed by atoms with Crippen LogP contribution in [0.2, 0.25) is 0 Å². The Kier molecular flexibility index (Phi) is 6.38. The summed E-state index contributed by atoms with van der Waals surface area (Å²) in [5, 5.41) is 19.5. The Balaban J connectivity index is 2.76. The molecule has 0 heterocycles.